The Morgan fingerprint density at radius 1 is 1.07 bits per heavy atom. The van der Waals surface area contributed by atoms with Gasteiger partial charge in [-0.2, -0.15) is 0 Å². The number of aliphatic hydroxyl groups is 1. The van der Waals surface area contributed by atoms with Crippen molar-refractivity contribution in [2.45, 2.75) is 55.9 Å². The number of ketones is 1. The molecule has 2 nitrogen and oxygen atoms in total. The predicted octanol–water partition coefficient (Wildman–Crippen LogP) is 2.42. The lowest BCUT2D eigenvalue weighted by atomic mass is 9.43. The van der Waals surface area contributed by atoms with Gasteiger partial charge in [0.05, 0.1) is 5.60 Å². The molecule has 84 valence electrons. The molecule has 4 atom stereocenters. The van der Waals surface area contributed by atoms with Gasteiger partial charge in [0, 0.05) is 15.2 Å². The lowest BCUT2D eigenvalue weighted by Crippen LogP contribution is -2.68. The minimum Gasteiger partial charge on any atom is -0.390 e. The lowest BCUT2D eigenvalue weighted by molar-refractivity contribution is -0.188. The standard InChI is InChI=1S/C12H17BrO2/c1-9-3-11(13)4-10(2,8(9)14)6-12(15,5-9)7-11/h15H,3-7H2,1-2H3/t9-,10+,11?,12?. The van der Waals surface area contributed by atoms with Crippen LogP contribution in [0.15, 0.2) is 0 Å². The van der Waals surface area contributed by atoms with Gasteiger partial charge in [0.1, 0.15) is 5.78 Å². The van der Waals surface area contributed by atoms with E-state index in [1.165, 1.54) is 0 Å². The molecule has 0 spiro atoms. The van der Waals surface area contributed by atoms with Crippen molar-refractivity contribution >= 4 is 21.7 Å². The largest absolute Gasteiger partial charge is 0.390 e. The van der Waals surface area contributed by atoms with Crippen molar-refractivity contribution in [1.29, 1.82) is 0 Å². The Morgan fingerprint density at radius 3 is 1.93 bits per heavy atom. The van der Waals surface area contributed by atoms with Gasteiger partial charge >= 0.3 is 0 Å². The summed E-state index contributed by atoms with van der Waals surface area (Å²) in [5.41, 5.74) is -1.18. The number of halogens is 1. The number of hydrogen-bond acceptors (Lipinski definition) is 2. The summed E-state index contributed by atoms with van der Waals surface area (Å²) in [4.78, 5) is 12.4. The zero-order valence-corrected chi connectivity index (χ0v) is 10.9. The van der Waals surface area contributed by atoms with Gasteiger partial charge in [0.2, 0.25) is 0 Å². The van der Waals surface area contributed by atoms with E-state index in [1.54, 1.807) is 0 Å². The molecule has 0 aromatic heterocycles. The Labute approximate surface area is 98.6 Å². The van der Waals surface area contributed by atoms with E-state index in [4.69, 9.17) is 0 Å². The molecule has 4 saturated carbocycles. The van der Waals surface area contributed by atoms with Crippen LogP contribution in [-0.2, 0) is 4.79 Å². The van der Waals surface area contributed by atoms with Crippen molar-refractivity contribution in [3.63, 3.8) is 0 Å². The van der Waals surface area contributed by atoms with Crippen LogP contribution < -0.4 is 0 Å². The predicted molar refractivity (Wildman–Crippen MR) is 60.9 cm³/mol. The van der Waals surface area contributed by atoms with E-state index in [2.05, 4.69) is 15.9 Å². The number of carbonyl (C=O) groups excluding carboxylic acids is 1. The second-order valence-electron chi connectivity index (χ2n) is 6.71. The molecule has 1 N–H and O–H groups in total. The van der Waals surface area contributed by atoms with Gasteiger partial charge in [-0.3, -0.25) is 4.79 Å². The number of carbonyl (C=O) groups is 1. The van der Waals surface area contributed by atoms with E-state index in [0.717, 1.165) is 19.3 Å². The monoisotopic (exact) mass is 272 g/mol. The fourth-order valence-corrected chi connectivity index (χ4v) is 6.75. The molecule has 0 radical (unpaired) electrons. The third kappa shape index (κ3) is 1.17. The van der Waals surface area contributed by atoms with Crippen molar-refractivity contribution in [3.05, 3.63) is 0 Å². The minimum absolute atomic E-state index is 0.00958. The minimum atomic E-state index is -0.600. The molecular formula is C12H17BrO2. The van der Waals surface area contributed by atoms with E-state index >= 15 is 0 Å². The third-order valence-electron chi connectivity index (χ3n) is 4.59. The molecule has 4 aliphatic carbocycles. The number of alkyl halides is 1. The van der Waals surface area contributed by atoms with Crippen LogP contribution in [0.4, 0.5) is 0 Å². The Morgan fingerprint density at radius 2 is 1.53 bits per heavy atom. The molecule has 0 aliphatic heterocycles. The number of hydrogen-bond donors (Lipinski definition) is 1. The maximum Gasteiger partial charge on any atom is 0.144 e. The van der Waals surface area contributed by atoms with Crippen LogP contribution in [0, 0.1) is 10.8 Å². The summed E-state index contributed by atoms with van der Waals surface area (Å²) in [6.45, 7) is 4.07. The topological polar surface area (TPSA) is 37.3 Å². The summed E-state index contributed by atoms with van der Waals surface area (Å²) in [5, 5.41) is 10.5. The first kappa shape index (κ1) is 10.3. The van der Waals surface area contributed by atoms with Gasteiger partial charge in [-0.25, -0.2) is 0 Å². The zero-order chi connectivity index (χ0) is 11.1. The van der Waals surface area contributed by atoms with Crippen LogP contribution in [0.2, 0.25) is 0 Å². The van der Waals surface area contributed by atoms with E-state index < -0.39 is 5.60 Å². The molecule has 4 aliphatic rings. The zero-order valence-electron chi connectivity index (χ0n) is 9.27. The van der Waals surface area contributed by atoms with Crippen molar-refractivity contribution < 1.29 is 9.90 Å². The van der Waals surface area contributed by atoms with Crippen LogP contribution in [0.1, 0.15) is 46.0 Å². The first-order chi connectivity index (χ1) is 6.69. The van der Waals surface area contributed by atoms with E-state index in [9.17, 15) is 9.90 Å². The molecule has 0 aromatic carbocycles. The molecule has 15 heavy (non-hydrogen) atoms. The van der Waals surface area contributed by atoms with Crippen LogP contribution in [0.5, 0.6) is 0 Å². The maximum atomic E-state index is 12.4. The summed E-state index contributed by atoms with van der Waals surface area (Å²) >= 11 is 3.78. The Balaban J connectivity index is 2.16. The Kier molecular flexibility index (Phi) is 1.61. The smallest absolute Gasteiger partial charge is 0.144 e. The summed E-state index contributed by atoms with van der Waals surface area (Å²) in [5.74, 6) is 0.384. The summed E-state index contributed by atoms with van der Waals surface area (Å²) < 4.78 is 0.00958. The second kappa shape index (κ2) is 2.35. The Hall–Kier alpha value is 0.110. The maximum absolute atomic E-state index is 12.4. The molecule has 3 heteroatoms. The third-order valence-corrected chi connectivity index (χ3v) is 5.44. The number of rotatable bonds is 0. The van der Waals surface area contributed by atoms with Gasteiger partial charge in [-0.1, -0.05) is 29.8 Å². The molecule has 4 bridgehead atoms. The van der Waals surface area contributed by atoms with Gasteiger partial charge < -0.3 is 5.11 Å². The van der Waals surface area contributed by atoms with Crippen LogP contribution in [0.3, 0.4) is 0 Å². The molecule has 0 saturated heterocycles. The summed E-state index contributed by atoms with van der Waals surface area (Å²) in [6.07, 6.45) is 3.95. The highest BCUT2D eigenvalue weighted by molar-refractivity contribution is 9.10. The average molecular weight is 273 g/mol. The molecule has 0 amide bonds. The van der Waals surface area contributed by atoms with E-state index in [0.29, 0.717) is 18.6 Å². The molecule has 0 aromatic rings. The fourth-order valence-electron chi connectivity index (χ4n) is 4.99. The highest BCUT2D eigenvalue weighted by atomic mass is 79.9. The van der Waals surface area contributed by atoms with Crippen LogP contribution in [0.25, 0.3) is 0 Å². The molecular weight excluding hydrogens is 256 g/mol. The van der Waals surface area contributed by atoms with Crippen molar-refractivity contribution in [3.8, 4) is 0 Å². The first-order valence-corrected chi connectivity index (χ1v) is 6.45. The molecule has 4 rings (SSSR count). The summed E-state index contributed by atoms with van der Waals surface area (Å²) in [6, 6.07) is 0. The molecule has 2 unspecified atom stereocenters. The van der Waals surface area contributed by atoms with Crippen molar-refractivity contribution in [2.24, 2.45) is 10.8 Å². The van der Waals surface area contributed by atoms with Crippen molar-refractivity contribution in [2.75, 3.05) is 0 Å². The highest BCUT2D eigenvalue weighted by Crippen LogP contribution is 2.68. The van der Waals surface area contributed by atoms with E-state index in [-0.39, 0.29) is 15.2 Å². The second-order valence-corrected chi connectivity index (χ2v) is 8.39. The summed E-state index contributed by atoms with van der Waals surface area (Å²) in [7, 11) is 0. The highest BCUT2D eigenvalue weighted by Gasteiger charge is 2.69. The van der Waals surface area contributed by atoms with Gasteiger partial charge in [0.25, 0.3) is 0 Å². The van der Waals surface area contributed by atoms with Crippen LogP contribution >= 0.6 is 15.9 Å². The lowest BCUT2D eigenvalue weighted by Gasteiger charge is -2.65. The van der Waals surface area contributed by atoms with Gasteiger partial charge in [-0.05, 0) is 32.1 Å². The normalized spacial score (nSPS) is 62.5. The average Bonchev–Trinajstić information content (AvgIpc) is 1.93. The van der Waals surface area contributed by atoms with Gasteiger partial charge in [0.15, 0.2) is 0 Å². The number of Topliss-reactive ketones (excluding diaryl/α,β-unsaturated/α-hetero) is 1. The molecule has 0 heterocycles. The van der Waals surface area contributed by atoms with Crippen LogP contribution in [-0.4, -0.2) is 20.8 Å². The first-order valence-electron chi connectivity index (χ1n) is 5.65. The van der Waals surface area contributed by atoms with Crippen molar-refractivity contribution in [1.82, 2.24) is 0 Å². The van der Waals surface area contributed by atoms with E-state index in [1.807, 2.05) is 13.8 Å². The van der Waals surface area contributed by atoms with Gasteiger partial charge in [-0.15, -0.1) is 0 Å². The fraction of sp³-hybridized carbons (Fsp3) is 0.917. The SMILES string of the molecule is C[C@]12CC3(O)CC(Br)(C1)C[C@@](C)(C3)C2=O. The quantitative estimate of drug-likeness (QED) is 0.688. The Bertz CT molecular complexity index is 317. The molecule has 4 fully saturated rings.